The molecule has 6 heteroatoms. The van der Waals surface area contributed by atoms with Crippen LogP contribution >= 0.6 is 11.3 Å². The van der Waals surface area contributed by atoms with Crippen molar-refractivity contribution in [3.05, 3.63) is 23.2 Å². The highest BCUT2D eigenvalue weighted by Gasteiger charge is 2.20. The van der Waals surface area contributed by atoms with Gasteiger partial charge in [-0.25, -0.2) is 4.98 Å². The normalized spacial score (nSPS) is 19.0. The molecule has 3 rings (SSSR count). The number of carbonyl (C=O) groups excluding carboxylic acids is 1. The quantitative estimate of drug-likeness (QED) is 0.945. The molecule has 1 atom stereocenters. The highest BCUT2D eigenvalue weighted by molar-refractivity contribution is 7.18. The van der Waals surface area contributed by atoms with E-state index in [2.05, 4.69) is 16.4 Å². The average Bonchev–Trinajstić information content (AvgIpc) is 2.84. The first-order chi connectivity index (χ1) is 10.1. The van der Waals surface area contributed by atoms with Crippen molar-refractivity contribution in [1.82, 2.24) is 9.88 Å². The Hall–Kier alpha value is -1.66. The molecule has 0 spiro atoms. The number of hydrogen-bond acceptors (Lipinski definition) is 5. The zero-order valence-electron chi connectivity index (χ0n) is 12.3. The van der Waals surface area contributed by atoms with Crippen molar-refractivity contribution < 1.29 is 9.53 Å². The molecule has 1 aliphatic heterocycles. The van der Waals surface area contributed by atoms with Crippen LogP contribution in [0, 0.1) is 6.92 Å². The molecular formula is C15H19N3O2S. The Morgan fingerprint density at radius 1 is 1.57 bits per heavy atom. The van der Waals surface area contributed by atoms with Gasteiger partial charge in [-0.2, -0.15) is 0 Å². The van der Waals surface area contributed by atoms with Gasteiger partial charge in [-0.1, -0.05) is 0 Å². The maximum Gasteiger partial charge on any atom is 0.242 e. The van der Waals surface area contributed by atoms with Crippen molar-refractivity contribution in [2.45, 2.75) is 20.0 Å². The molecular weight excluding hydrogens is 286 g/mol. The van der Waals surface area contributed by atoms with Gasteiger partial charge < -0.3 is 15.0 Å². The average molecular weight is 305 g/mol. The highest BCUT2D eigenvalue weighted by atomic mass is 32.1. The Morgan fingerprint density at radius 3 is 3.24 bits per heavy atom. The summed E-state index contributed by atoms with van der Waals surface area (Å²) in [5.74, 6) is 0.116. The third-order valence-electron chi connectivity index (χ3n) is 3.53. The van der Waals surface area contributed by atoms with E-state index in [0.29, 0.717) is 26.2 Å². The van der Waals surface area contributed by atoms with Gasteiger partial charge in [0, 0.05) is 18.8 Å². The molecule has 0 saturated carbocycles. The van der Waals surface area contributed by atoms with Gasteiger partial charge >= 0.3 is 0 Å². The molecule has 2 heterocycles. The minimum atomic E-state index is 0.116. The minimum absolute atomic E-state index is 0.116. The lowest BCUT2D eigenvalue weighted by Gasteiger charge is -2.31. The number of fused-ring (bicyclic) bond motifs is 1. The van der Waals surface area contributed by atoms with Crippen LogP contribution in [0.5, 0.6) is 0 Å². The van der Waals surface area contributed by atoms with Crippen molar-refractivity contribution in [2.75, 3.05) is 31.6 Å². The largest absolute Gasteiger partial charge is 0.376 e. The number of anilines is 1. The second-order valence-corrected chi connectivity index (χ2v) is 6.52. The maximum absolute atomic E-state index is 12.2. The van der Waals surface area contributed by atoms with Crippen LogP contribution in [0.15, 0.2) is 18.2 Å². The van der Waals surface area contributed by atoms with E-state index < -0.39 is 0 Å². The second kappa shape index (κ2) is 5.99. The molecule has 1 saturated heterocycles. The number of hydrogen-bond donors (Lipinski definition) is 1. The van der Waals surface area contributed by atoms with E-state index >= 15 is 0 Å². The third-order valence-corrected chi connectivity index (χ3v) is 4.47. The van der Waals surface area contributed by atoms with Crippen LogP contribution < -0.4 is 5.32 Å². The molecule has 112 valence electrons. The van der Waals surface area contributed by atoms with Crippen LogP contribution in [-0.4, -0.2) is 48.1 Å². The third kappa shape index (κ3) is 3.33. The predicted molar refractivity (Wildman–Crippen MR) is 84.8 cm³/mol. The summed E-state index contributed by atoms with van der Waals surface area (Å²) in [7, 11) is 0. The van der Waals surface area contributed by atoms with Crippen molar-refractivity contribution in [1.29, 1.82) is 0 Å². The molecule has 1 N–H and O–H groups in total. The number of nitrogens with zero attached hydrogens (tertiary/aromatic N) is 2. The van der Waals surface area contributed by atoms with Crippen LogP contribution in [0.25, 0.3) is 10.2 Å². The molecule has 0 bridgehead atoms. The number of ether oxygens (including phenoxy) is 1. The first-order valence-electron chi connectivity index (χ1n) is 7.12. The second-order valence-electron chi connectivity index (χ2n) is 5.29. The first-order valence-corrected chi connectivity index (χ1v) is 7.94. The van der Waals surface area contributed by atoms with Gasteiger partial charge in [0.05, 0.1) is 34.5 Å². The van der Waals surface area contributed by atoms with E-state index in [4.69, 9.17) is 4.74 Å². The van der Waals surface area contributed by atoms with Crippen LogP contribution in [0.2, 0.25) is 0 Å². The molecule has 1 amide bonds. The van der Waals surface area contributed by atoms with Crippen LogP contribution in [-0.2, 0) is 9.53 Å². The Bertz CT molecular complexity index is 655. The number of morpholine rings is 1. The molecule has 21 heavy (non-hydrogen) atoms. The zero-order valence-corrected chi connectivity index (χ0v) is 13.1. The number of rotatable bonds is 3. The Labute approximate surface area is 127 Å². The highest BCUT2D eigenvalue weighted by Crippen LogP contribution is 2.24. The molecule has 1 aromatic heterocycles. The molecule has 5 nitrogen and oxygen atoms in total. The lowest BCUT2D eigenvalue weighted by Crippen LogP contribution is -2.46. The van der Waals surface area contributed by atoms with Crippen LogP contribution in [0.1, 0.15) is 11.9 Å². The lowest BCUT2D eigenvalue weighted by molar-refractivity contribution is -0.136. The Kier molecular flexibility index (Phi) is 4.07. The number of aryl methyl sites for hydroxylation is 1. The van der Waals surface area contributed by atoms with E-state index in [0.717, 1.165) is 20.9 Å². The molecule has 1 unspecified atom stereocenters. The van der Waals surface area contributed by atoms with Gasteiger partial charge in [-0.15, -0.1) is 11.3 Å². The fourth-order valence-corrected chi connectivity index (χ4v) is 3.35. The molecule has 0 radical (unpaired) electrons. The van der Waals surface area contributed by atoms with Gasteiger partial charge in [0.1, 0.15) is 0 Å². The lowest BCUT2D eigenvalue weighted by atomic mass is 10.2. The minimum Gasteiger partial charge on any atom is -0.376 e. The molecule has 2 aromatic rings. The first kappa shape index (κ1) is 14.3. The van der Waals surface area contributed by atoms with E-state index in [1.165, 1.54) is 0 Å². The fourth-order valence-electron chi connectivity index (χ4n) is 2.48. The molecule has 0 aliphatic carbocycles. The summed E-state index contributed by atoms with van der Waals surface area (Å²) in [5, 5.41) is 4.26. The fraction of sp³-hybridized carbons (Fsp3) is 0.467. The SMILES string of the molecule is Cc1nc2ccc(NCC(=O)N3CCOC(C)C3)cc2s1. The van der Waals surface area contributed by atoms with E-state index in [1.807, 2.05) is 30.9 Å². The standard InChI is InChI=1S/C15H19N3O2S/c1-10-9-18(5-6-20-10)15(19)8-16-12-3-4-13-14(7-12)21-11(2)17-13/h3-4,7,10,16H,5-6,8-9H2,1-2H3. The van der Waals surface area contributed by atoms with Crippen molar-refractivity contribution >= 4 is 33.1 Å². The Balaban J connectivity index is 1.61. The van der Waals surface area contributed by atoms with E-state index in [-0.39, 0.29) is 12.0 Å². The van der Waals surface area contributed by atoms with E-state index in [1.54, 1.807) is 11.3 Å². The van der Waals surface area contributed by atoms with Gasteiger partial charge in [-0.3, -0.25) is 4.79 Å². The summed E-state index contributed by atoms with van der Waals surface area (Å²) in [4.78, 5) is 18.5. The number of amides is 1. The topological polar surface area (TPSA) is 54.5 Å². The molecule has 1 aromatic carbocycles. The zero-order chi connectivity index (χ0) is 14.8. The summed E-state index contributed by atoms with van der Waals surface area (Å²) in [6, 6.07) is 6.01. The smallest absolute Gasteiger partial charge is 0.242 e. The summed E-state index contributed by atoms with van der Waals surface area (Å²) >= 11 is 1.67. The number of thiazole rings is 1. The number of aromatic nitrogens is 1. The monoisotopic (exact) mass is 305 g/mol. The number of nitrogens with one attached hydrogen (secondary N) is 1. The number of carbonyl (C=O) groups is 1. The summed E-state index contributed by atoms with van der Waals surface area (Å²) in [6.07, 6.45) is 0.124. The van der Waals surface area contributed by atoms with Crippen molar-refractivity contribution in [2.24, 2.45) is 0 Å². The Morgan fingerprint density at radius 2 is 2.43 bits per heavy atom. The summed E-state index contributed by atoms with van der Waals surface area (Å²) in [6.45, 7) is 6.29. The van der Waals surface area contributed by atoms with Gasteiger partial charge in [0.15, 0.2) is 0 Å². The number of benzene rings is 1. The van der Waals surface area contributed by atoms with Crippen molar-refractivity contribution in [3.8, 4) is 0 Å². The van der Waals surface area contributed by atoms with Gasteiger partial charge in [-0.05, 0) is 32.0 Å². The summed E-state index contributed by atoms with van der Waals surface area (Å²) in [5.41, 5.74) is 1.97. The van der Waals surface area contributed by atoms with Gasteiger partial charge in [0.25, 0.3) is 0 Å². The van der Waals surface area contributed by atoms with Crippen LogP contribution in [0.3, 0.4) is 0 Å². The molecule has 1 fully saturated rings. The van der Waals surface area contributed by atoms with Gasteiger partial charge in [0.2, 0.25) is 5.91 Å². The maximum atomic E-state index is 12.2. The van der Waals surface area contributed by atoms with E-state index in [9.17, 15) is 4.79 Å². The summed E-state index contributed by atoms with van der Waals surface area (Å²) < 4.78 is 6.60. The van der Waals surface area contributed by atoms with Crippen LogP contribution in [0.4, 0.5) is 5.69 Å². The van der Waals surface area contributed by atoms with Crippen molar-refractivity contribution in [3.63, 3.8) is 0 Å². The molecule has 1 aliphatic rings. The predicted octanol–water partition coefficient (Wildman–Crippen LogP) is 2.26.